The zero-order chi connectivity index (χ0) is 16.3. The summed E-state index contributed by atoms with van der Waals surface area (Å²) in [6, 6.07) is 5.91. The number of nitrogens with zero attached hydrogens (tertiary/aromatic N) is 2. The molecule has 1 aromatic heterocycles. The van der Waals surface area contributed by atoms with Crippen molar-refractivity contribution in [1.82, 2.24) is 4.98 Å². The molecule has 22 heavy (non-hydrogen) atoms. The second kappa shape index (κ2) is 6.85. The molecule has 4 nitrogen and oxygen atoms in total. The van der Waals surface area contributed by atoms with Crippen molar-refractivity contribution in [3.05, 3.63) is 58.1 Å². The average molecular weight is 316 g/mol. The number of rotatable bonds is 5. The minimum absolute atomic E-state index is 0.169. The molecule has 1 amide bonds. The van der Waals surface area contributed by atoms with Crippen LogP contribution in [0.5, 0.6) is 0 Å². The van der Waals surface area contributed by atoms with E-state index in [2.05, 4.69) is 11.6 Å². The maximum Gasteiger partial charge on any atom is 0.250 e. The molecule has 1 unspecified atom stereocenters. The number of aliphatic hydroxyl groups excluding tert-OH is 1. The van der Waals surface area contributed by atoms with Crippen molar-refractivity contribution in [1.29, 1.82) is 0 Å². The highest BCUT2D eigenvalue weighted by Crippen LogP contribution is 2.25. The third-order valence-electron chi connectivity index (χ3n) is 3.52. The number of aliphatic hydroxyl groups is 1. The molecule has 1 aromatic carbocycles. The van der Waals surface area contributed by atoms with Crippen LogP contribution in [0.3, 0.4) is 0 Å². The Balaban J connectivity index is 2.31. The normalized spacial score (nSPS) is 12.0. The van der Waals surface area contributed by atoms with Crippen LogP contribution in [0.4, 0.5) is 5.69 Å². The quantitative estimate of drug-likeness (QED) is 0.859. The van der Waals surface area contributed by atoms with Gasteiger partial charge in [-0.2, -0.15) is 0 Å². The molecule has 116 valence electrons. The van der Waals surface area contributed by atoms with Gasteiger partial charge in [0.1, 0.15) is 5.01 Å². The van der Waals surface area contributed by atoms with E-state index >= 15 is 0 Å². The highest BCUT2D eigenvalue weighted by molar-refractivity contribution is 7.11. The smallest absolute Gasteiger partial charge is 0.250 e. The fourth-order valence-corrected chi connectivity index (χ4v) is 2.87. The van der Waals surface area contributed by atoms with Gasteiger partial charge < -0.3 is 10.0 Å². The minimum atomic E-state index is -0.545. The molecule has 1 heterocycles. The second-order valence-electron chi connectivity index (χ2n) is 5.23. The Hall–Kier alpha value is -1.98. The van der Waals surface area contributed by atoms with Crippen LogP contribution in [-0.2, 0) is 11.3 Å². The van der Waals surface area contributed by atoms with Crippen LogP contribution in [0.2, 0.25) is 0 Å². The number of amides is 1. The van der Waals surface area contributed by atoms with Crippen molar-refractivity contribution < 1.29 is 9.90 Å². The number of anilines is 1. The molecule has 1 N–H and O–H groups in total. The molecule has 2 aromatic rings. The summed E-state index contributed by atoms with van der Waals surface area (Å²) in [7, 11) is 0. The molecule has 0 aliphatic heterocycles. The molecular formula is C17H20N2O2S. The van der Waals surface area contributed by atoms with E-state index in [9.17, 15) is 9.90 Å². The first kappa shape index (κ1) is 16.4. The van der Waals surface area contributed by atoms with Crippen LogP contribution in [0.1, 0.15) is 34.0 Å². The molecule has 5 heteroatoms. The monoisotopic (exact) mass is 316 g/mol. The summed E-state index contributed by atoms with van der Waals surface area (Å²) in [5.41, 5.74) is 3.13. The standard InChI is InChI=1S/C17H20N2O2S/c1-5-17(21)19(14-7-6-11(2)12(3)8-14)10-16-18-9-15(22-16)13(4)20/h5-9,13,20H,1,10H2,2-4H3. The Labute approximate surface area is 134 Å². The first-order chi connectivity index (χ1) is 10.4. The molecule has 2 rings (SSSR count). The number of hydrogen-bond donors (Lipinski definition) is 1. The van der Waals surface area contributed by atoms with E-state index in [1.54, 1.807) is 18.0 Å². The van der Waals surface area contributed by atoms with Gasteiger partial charge in [0, 0.05) is 11.9 Å². The van der Waals surface area contributed by atoms with Gasteiger partial charge in [-0.15, -0.1) is 11.3 Å². The zero-order valence-electron chi connectivity index (χ0n) is 13.0. The number of carbonyl (C=O) groups excluding carboxylic acids is 1. The summed E-state index contributed by atoms with van der Waals surface area (Å²) in [6.45, 7) is 9.70. The predicted octanol–water partition coefficient (Wildman–Crippen LogP) is 3.53. The average Bonchev–Trinajstić information content (AvgIpc) is 2.96. The van der Waals surface area contributed by atoms with Crippen molar-refractivity contribution in [3.63, 3.8) is 0 Å². The van der Waals surface area contributed by atoms with Gasteiger partial charge >= 0.3 is 0 Å². The molecule has 0 fully saturated rings. The van der Waals surface area contributed by atoms with Gasteiger partial charge in [0.25, 0.3) is 5.91 Å². The first-order valence-electron chi connectivity index (χ1n) is 7.06. The zero-order valence-corrected chi connectivity index (χ0v) is 13.9. The molecule has 0 aliphatic carbocycles. The van der Waals surface area contributed by atoms with E-state index in [4.69, 9.17) is 0 Å². The van der Waals surface area contributed by atoms with Crippen molar-refractivity contribution in [3.8, 4) is 0 Å². The van der Waals surface area contributed by atoms with Crippen LogP contribution < -0.4 is 4.90 Å². The Morgan fingerprint density at radius 2 is 2.18 bits per heavy atom. The van der Waals surface area contributed by atoms with Gasteiger partial charge in [-0.3, -0.25) is 4.79 Å². The Morgan fingerprint density at radius 3 is 2.73 bits per heavy atom. The van der Waals surface area contributed by atoms with Crippen LogP contribution in [0, 0.1) is 13.8 Å². The van der Waals surface area contributed by atoms with Crippen LogP contribution >= 0.6 is 11.3 Å². The lowest BCUT2D eigenvalue weighted by molar-refractivity contribution is -0.114. The Kier molecular flexibility index (Phi) is 5.11. The molecule has 0 saturated carbocycles. The SMILES string of the molecule is C=CC(=O)N(Cc1ncc(C(C)O)s1)c1ccc(C)c(C)c1. The summed E-state index contributed by atoms with van der Waals surface area (Å²) in [6.07, 6.45) is 2.41. The van der Waals surface area contributed by atoms with Gasteiger partial charge in [-0.25, -0.2) is 4.98 Å². The van der Waals surface area contributed by atoms with E-state index in [0.717, 1.165) is 21.1 Å². The summed E-state index contributed by atoms with van der Waals surface area (Å²) in [5.74, 6) is -0.169. The number of aromatic nitrogens is 1. The lowest BCUT2D eigenvalue weighted by Crippen LogP contribution is -2.28. The number of hydrogen-bond acceptors (Lipinski definition) is 4. The van der Waals surface area contributed by atoms with Crippen molar-refractivity contribution in [2.24, 2.45) is 0 Å². The van der Waals surface area contributed by atoms with Gasteiger partial charge in [0.05, 0.1) is 17.5 Å². The third kappa shape index (κ3) is 3.61. The lowest BCUT2D eigenvalue weighted by atomic mass is 10.1. The van der Waals surface area contributed by atoms with Crippen molar-refractivity contribution in [2.45, 2.75) is 33.4 Å². The summed E-state index contributed by atoms with van der Waals surface area (Å²) >= 11 is 1.41. The van der Waals surface area contributed by atoms with Crippen molar-refractivity contribution >= 4 is 22.9 Å². The highest BCUT2D eigenvalue weighted by atomic mass is 32.1. The molecule has 0 bridgehead atoms. The van der Waals surface area contributed by atoms with E-state index in [1.807, 2.05) is 32.0 Å². The molecule has 0 radical (unpaired) electrons. The fraction of sp³-hybridized carbons (Fsp3) is 0.294. The second-order valence-corrected chi connectivity index (χ2v) is 6.38. The Morgan fingerprint density at radius 1 is 1.45 bits per heavy atom. The van der Waals surface area contributed by atoms with E-state index in [-0.39, 0.29) is 5.91 Å². The maximum atomic E-state index is 12.2. The topological polar surface area (TPSA) is 53.4 Å². The molecule has 0 saturated heterocycles. The minimum Gasteiger partial charge on any atom is -0.388 e. The molecule has 1 atom stereocenters. The van der Waals surface area contributed by atoms with Crippen molar-refractivity contribution in [2.75, 3.05) is 4.90 Å². The van der Waals surface area contributed by atoms with Crippen LogP contribution in [-0.4, -0.2) is 16.0 Å². The number of carbonyl (C=O) groups is 1. The summed E-state index contributed by atoms with van der Waals surface area (Å²) in [5, 5.41) is 10.4. The number of aryl methyl sites for hydroxylation is 2. The summed E-state index contributed by atoms with van der Waals surface area (Å²) in [4.78, 5) is 18.9. The third-order valence-corrected chi connectivity index (χ3v) is 4.67. The van der Waals surface area contributed by atoms with Gasteiger partial charge in [0.2, 0.25) is 0 Å². The van der Waals surface area contributed by atoms with E-state index in [0.29, 0.717) is 6.54 Å². The summed E-state index contributed by atoms with van der Waals surface area (Å²) < 4.78 is 0. The van der Waals surface area contributed by atoms with Gasteiger partial charge in [-0.05, 0) is 50.1 Å². The highest BCUT2D eigenvalue weighted by Gasteiger charge is 2.17. The van der Waals surface area contributed by atoms with E-state index in [1.165, 1.54) is 23.0 Å². The predicted molar refractivity (Wildman–Crippen MR) is 90.1 cm³/mol. The number of thiazole rings is 1. The largest absolute Gasteiger partial charge is 0.388 e. The van der Waals surface area contributed by atoms with Gasteiger partial charge in [0.15, 0.2) is 0 Å². The fourth-order valence-electron chi connectivity index (χ4n) is 2.03. The van der Waals surface area contributed by atoms with Gasteiger partial charge in [-0.1, -0.05) is 12.6 Å². The van der Waals surface area contributed by atoms with Crippen LogP contribution in [0.15, 0.2) is 37.1 Å². The maximum absolute atomic E-state index is 12.2. The van der Waals surface area contributed by atoms with E-state index < -0.39 is 6.10 Å². The van der Waals surface area contributed by atoms with Crippen LogP contribution in [0.25, 0.3) is 0 Å². The lowest BCUT2D eigenvalue weighted by Gasteiger charge is -2.21. The first-order valence-corrected chi connectivity index (χ1v) is 7.88. The molecular weight excluding hydrogens is 296 g/mol. The number of benzene rings is 1. The molecule has 0 aliphatic rings. The Bertz CT molecular complexity index is 692. The molecule has 0 spiro atoms.